The van der Waals surface area contributed by atoms with Gasteiger partial charge in [-0.2, -0.15) is 0 Å². The highest BCUT2D eigenvalue weighted by atomic mass is 32.1. The van der Waals surface area contributed by atoms with Crippen molar-refractivity contribution in [1.82, 2.24) is 15.2 Å². The van der Waals surface area contributed by atoms with Gasteiger partial charge in [-0.25, -0.2) is 9.78 Å². The minimum atomic E-state index is -1.06. The zero-order valence-electron chi connectivity index (χ0n) is 13.7. The van der Waals surface area contributed by atoms with Crippen LogP contribution >= 0.6 is 11.3 Å². The molecule has 2 N–H and O–H groups in total. The van der Waals surface area contributed by atoms with Crippen molar-refractivity contribution in [2.24, 2.45) is 0 Å². The van der Waals surface area contributed by atoms with Crippen LogP contribution in [0, 0.1) is 6.92 Å². The Labute approximate surface area is 139 Å². The zero-order valence-corrected chi connectivity index (χ0v) is 14.5. The third-order valence-electron chi connectivity index (χ3n) is 3.36. The van der Waals surface area contributed by atoms with Crippen molar-refractivity contribution in [3.8, 4) is 0 Å². The summed E-state index contributed by atoms with van der Waals surface area (Å²) >= 11 is 1.57. The smallest absolute Gasteiger partial charge is 0.326 e. The second kappa shape index (κ2) is 9.24. The summed E-state index contributed by atoms with van der Waals surface area (Å²) in [6.45, 7) is 5.20. The van der Waals surface area contributed by atoms with Crippen molar-refractivity contribution in [1.29, 1.82) is 0 Å². The predicted molar refractivity (Wildman–Crippen MR) is 87.3 cm³/mol. The van der Waals surface area contributed by atoms with E-state index in [1.54, 1.807) is 11.3 Å². The second-order valence-electron chi connectivity index (χ2n) is 5.30. The molecule has 128 valence electrons. The summed E-state index contributed by atoms with van der Waals surface area (Å²) in [5, 5.41) is 14.7. The van der Waals surface area contributed by atoms with Gasteiger partial charge in [-0.15, -0.1) is 11.3 Å². The number of aliphatic carboxylic acids is 1. The Kier molecular flexibility index (Phi) is 7.67. The lowest BCUT2D eigenvalue weighted by Crippen LogP contribution is -2.46. The molecule has 1 rings (SSSR count). The molecule has 1 unspecified atom stereocenters. The topological polar surface area (TPSA) is 99.6 Å². The third kappa shape index (κ3) is 6.77. The summed E-state index contributed by atoms with van der Waals surface area (Å²) in [6, 6.07) is -0.919. The maximum Gasteiger partial charge on any atom is 0.326 e. The van der Waals surface area contributed by atoms with Gasteiger partial charge in [0, 0.05) is 31.8 Å². The van der Waals surface area contributed by atoms with Crippen molar-refractivity contribution in [3.05, 3.63) is 16.1 Å². The highest BCUT2D eigenvalue weighted by Gasteiger charge is 2.24. The number of aryl methyl sites for hydroxylation is 2. The average Bonchev–Trinajstić information content (AvgIpc) is 2.88. The van der Waals surface area contributed by atoms with Crippen molar-refractivity contribution in [2.75, 3.05) is 13.1 Å². The number of thiazole rings is 1. The van der Waals surface area contributed by atoms with E-state index in [4.69, 9.17) is 5.11 Å². The molecule has 0 bridgehead atoms. The van der Waals surface area contributed by atoms with Crippen LogP contribution in [0.3, 0.4) is 0 Å². The molecule has 0 aliphatic rings. The number of nitrogens with one attached hydrogen (secondary N) is 1. The largest absolute Gasteiger partial charge is 0.480 e. The number of carbonyl (C=O) groups excluding carboxylic acids is 2. The van der Waals surface area contributed by atoms with Crippen molar-refractivity contribution < 1.29 is 19.5 Å². The van der Waals surface area contributed by atoms with Crippen molar-refractivity contribution >= 4 is 29.1 Å². The first-order valence-corrected chi connectivity index (χ1v) is 8.37. The van der Waals surface area contributed by atoms with Gasteiger partial charge in [0.25, 0.3) is 0 Å². The Morgan fingerprint density at radius 2 is 2.13 bits per heavy atom. The maximum absolute atomic E-state index is 12.3. The van der Waals surface area contributed by atoms with E-state index in [1.165, 1.54) is 18.7 Å². The molecule has 0 aliphatic carbocycles. The Morgan fingerprint density at radius 1 is 1.43 bits per heavy atom. The van der Waals surface area contributed by atoms with Crippen molar-refractivity contribution in [2.45, 2.75) is 46.1 Å². The molecule has 1 aromatic heterocycles. The number of aromatic nitrogens is 1. The SMILES string of the molecule is CC(=O)NCCN(C(=O)CCCc1csc(C)n1)C(C)C(=O)O. The number of amides is 2. The fraction of sp³-hybridized carbons (Fsp3) is 0.600. The summed E-state index contributed by atoms with van der Waals surface area (Å²) in [5.41, 5.74) is 0.955. The highest BCUT2D eigenvalue weighted by Crippen LogP contribution is 2.12. The Balaban J connectivity index is 2.52. The lowest BCUT2D eigenvalue weighted by molar-refractivity contribution is -0.149. The number of hydrogen-bond donors (Lipinski definition) is 2. The van der Waals surface area contributed by atoms with E-state index >= 15 is 0 Å². The molecule has 0 fully saturated rings. The first kappa shape index (κ1) is 19.1. The van der Waals surface area contributed by atoms with Gasteiger partial charge in [-0.1, -0.05) is 0 Å². The van der Waals surface area contributed by atoms with Crippen LogP contribution in [0.4, 0.5) is 0 Å². The number of hydrogen-bond acceptors (Lipinski definition) is 5. The summed E-state index contributed by atoms with van der Waals surface area (Å²) in [6.07, 6.45) is 1.57. The standard InChI is InChI=1S/C15H23N3O4S/c1-10(15(21)22)18(8-7-16-11(2)19)14(20)6-4-5-13-9-23-12(3)17-13/h9-10H,4-8H2,1-3H3,(H,16,19)(H,21,22). The van der Waals surface area contributed by atoms with Gasteiger partial charge in [-0.05, 0) is 26.7 Å². The minimum absolute atomic E-state index is 0.182. The van der Waals surface area contributed by atoms with Gasteiger partial charge in [0.1, 0.15) is 6.04 Å². The van der Waals surface area contributed by atoms with Crippen LogP contribution in [0.15, 0.2) is 5.38 Å². The van der Waals surface area contributed by atoms with E-state index in [9.17, 15) is 14.4 Å². The molecule has 1 atom stereocenters. The molecule has 8 heteroatoms. The minimum Gasteiger partial charge on any atom is -0.480 e. The lowest BCUT2D eigenvalue weighted by atomic mass is 10.1. The molecule has 1 heterocycles. The summed E-state index contributed by atoms with van der Waals surface area (Å²) in [7, 11) is 0. The van der Waals surface area contributed by atoms with Crippen LogP contribution in [0.25, 0.3) is 0 Å². The lowest BCUT2D eigenvalue weighted by Gasteiger charge is -2.26. The van der Waals surface area contributed by atoms with E-state index in [2.05, 4.69) is 10.3 Å². The van der Waals surface area contributed by atoms with E-state index in [-0.39, 0.29) is 31.3 Å². The Morgan fingerprint density at radius 3 is 2.65 bits per heavy atom. The van der Waals surface area contributed by atoms with E-state index in [1.807, 2.05) is 12.3 Å². The molecule has 0 spiro atoms. The van der Waals surface area contributed by atoms with Gasteiger partial charge < -0.3 is 15.3 Å². The molecule has 0 saturated heterocycles. The van der Waals surface area contributed by atoms with Gasteiger partial charge in [0.2, 0.25) is 11.8 Å². The van der Waals surface area contributed by atoms with E-state index in [0.717, 1.165) is 10.7 Å². The van der Waals surface area contributed by atoms with Gasteiger partial charge in [0.15, 0.2) is 0 Å². The fourth-order valence-electron chi connectivity index (χ4n) is 2.11. The molecular formula is C15H23N3O4S. The normalized spacial score (nSPS) is 11.8. The molecule has 1 aromatic rings. The second-order valence-corrected chi connectivity index (χ2v) is 6.36. The quantitative estimate of drug-likeness (QED) is 0.703. The number of carbonyl (C=O) groups is 3. The van der Waals surface area contributed by atoms with Crippen LogP contribution in [0.1, 0.15) is 37.4 Å². The molecule has 0 radical (unpaired) electrons. The summed E-state index contributed by atoms with van der Waals surface area (Å²) in [4.78, 5) is 40.0. The summed E-state index contributed by atoms with van der Waals surface area (Å²) < 4.78 is 0. The predicted octanol–water partition coefficient (Wildman–Crippen LogP) is 1.21. The molecule has 2 amide bonds. The number of rotatable bonds is 9. The number of carboxylic acid groups (broad SMARTS) is 1. The van der Waals surface area contributed by atoms with E-state index in [0.29, 0.717) is 12.8 Å². The monoisotopic (exact) mass is 341 g/mol. The van der Waals surface area contributed by atoms with Gasteiger partial charge in [0.05, 0.1) is 10.7 Å². The maximum atomic E-state index is 12.3. The van der Waals surface area contributed by atoms with Crippen LogP contribution < -0.4 is 5.32 Å². The van der Waals surface area contributed by atoms with Crippen LogP contribution in [-0.2, 0) is 20.8 Å². The fourth-order valence-corrected chi connectivity index (χ4v) is 2.75. The molecule has 0 aromatic carbocycles. The van der Waals surface area contributed by atoms with Crippen molar-refractivity contribution in [3.63, 3.8) is 0 Å². The number of carboxylic acids is 1. The average molecular weight is 341 g/mol. The van der Waals surface area contributed by atoms with Crippen LogP contribution in [-0.4, -0.2) is 51.9 Å². The van der Waals surface area contributed by atoms with Gasteiger partial charge in [-0.3, -0.25) is 9.59 Å². The Bertz CT molecular complexity index is 559. The molecule has 23 heavy (non-hydrogen) atoms. The molecule has 7 nitrogen and oxygen atoms in total. The third-order valence-corrected chi connectivity index (χ3v) is 4.18. The van der Waals surface area contributed by atoms with Crippen LogP contribution in [0.2, 0.25) is 0 Å². The Hall–Kier alpha value is -1.96. The zero-order chi connectivity index (χ0) is 17.4. The van der Waals surface area contributed by atoms with Crippen LogP contribution in [0.5, 0.6) is 0 Å². The molecule has 0 aliphatic heterocycles. The highest BCUT2D eigenvalue weighted by molar-refractivity contribution is 7.09. The van der Waals surface area contributed by atoms with Gasteiger partial charge >= 0.3 is 5.97 Å². The first-order valence-electron chi connectivity index (χ1n) is 7.49. The molecular weight excluding hydrogens is 318 g/mol. The van der Waals surface area contributed by atoms with E-state index < -0.39 is 12.0 Å². The molecule has 0 saturated carbocycles. The first-order chi connectivity index (χ1) is 10.8. The summed E-state index contributed by atoms with van der Waals surface area (Å²) in [5.74, 6) is -1.49. The number of nitrogens with zero attached hydrogens (tertiary/aromatic N) is 2.